The summed E-state index contributed by atoms with van der Waals surface area (Å²) in [5.41, 5.74) is 5.86. The lowest BCUT2D eigenvalue weighted by Gasteiger charge is -2.16. The van der Waals surface area contributed by atoms with E-state index in [1.165, 1.54) is 28.5 Å². The zero-order valence-corrected chi connectivity index (χ0v) is 47.9. The van der Waals surface area contributed by atoms with Gasteiger partial charge in [-0.15, -0.1) is 36.6 Å². The van der Waals surface area contributed by atoms with Gasteiger partial charge in [-0.1, -0.05) is 78.9 Å². The molecule has 8 aromatic rings. The van der Waals surface area contributed by atoms with Crippen LogP contribution in [0.5, 0.6) is 0 Å². The van der Waals surface area contributed by atoms with Crippen LogP contribution in [0.4, 0.5) is 22.0 Å². The Kier molecular flexibility index (Phi) is 28.3. The number of H-pyrrole nitrogens is 3. The predicted molar refractivity (Wildman–Crippen MR) is 310 cm³/mol. The molecule has 0 aliphatic heterocycles. The van der Waals surface area contributed by atoms with Crippen LogP contribution in [0.25, 0.3) is 31.0 Å². The third-order valence-electron chi connectivity index (χ3n) is 9.66. The number of para-hydroxylation sites is 3. The second-order valence-corrected chi connectivity index (χ2v) is 21.4. The van der Waals surface area contributed by atoms with Crippen LogP contribution in [0.1, 0.15) is 62.5 Å². The van der Waals surface area contributed by atoms with Crippen molar-refractivity contribution in [2.75, 3.05) is 7.11 Å². The van der Waals surface area contributed by atoms with Crippen molar-refractivity contribution in [3.05, 3.63) is 204 Å². The lowest BCUT2D eigenvalue weighted by atomic mass is 9.96. The zero-order valence-electron chi connectivity index (χ0n) is 41.0. The average Bonchev–Trinajstić information content (AvgIpc) is 3.97. The first-order valence-corrected chi connectivity index (χ1v) is 25.7. The molecule has 0 bridgehead atoms. The normalized spacial score (nSPS) is 11.2. The monoisotopic (exact) mass is 1160 g/mol. The van der Waals surface area contributed by atoms with E-state index in [0.29, 0.717) is 11.3 Å². The van der Waals surface area contributed by atoms with Gasteiger partial charge in [0, 0.05) is 56.9 Å². The summed E-state index contributed by atoms with van der Waals surface area (Å²) in [5, 5.41) is -0.348. The highest BCUT2D eigenvalue weighted by atomic mass is 32.1. The number of rotatable bonds is 6. The molecule has 2 unspecified atom stereocenters. The van der Waals surface area contributed by atoms with Gasteiger partial charge in [0.2, 0.25) is 16.9 Å². The van der Waals surface area contributed by atoms with E-state index in [4.69, 9.17) is 54.2 Å². The second-order valence-electron chi connectivity index (χ2n) is 16.7. The number of benzene rings is 5. The maximum absolute atomic E-state index is 12.3. The van der Waals surface area contributed by atoms with Gasteiger partial charge in [0.15, 0.2) is 32.8 Å². The molecule has 3 heterocycles. The van der Waals surface area contributed by atoms with Crippen molar-refractivity contribution in [1.29, 1.82) is 0 Å². The van der Waals surface area contributed by atoms with E-state index < -0.39 is 44.8 Å². The molecule has 8 rings (SSSR count). The molecule has 3 N–H and O–H groups in total. The number of methoxy groups -OCH3 is 1. The quantitative estimate of drug-likeness (QED) is 0.0171. The van der Waals surface area contributed by atoms with Crippen molar-refractivity contribution >= 4 is 126 Å². The molecule has 3 aromatic heterocycles. The van der Waals surface area contributed by atoms with Crippen LogP contribution in [0, 0.1) is 69.5 Å². The number of thiol groups is 4. The van der Waals surface area contributed by atoms with Crippen LogP contribution in [-0.4, -0.2) is 44.4 Å². The predicted octanol–water partition coefficient (Wildman–Crippen LogP) is 17.7. The number of esters is 1. The molecule has 74 heavy (non-hydrogen) atoms. The largest absolute Gasteiger partial charge is 0.468 e. The summed E-state index contributed by atoms with van der Waals surface area (Å²) in [7, 11) is 1.32. The summed E-state index contributed by atoms with van der Waals surface area (Å²) in [6, 6.07) is 37.7. The minimum atomic E-state index is -2.18. The van der Waals surface area contributed by atoms with Gasteiger partial charge in [0.1, 0.15) is 9.89 Å². The third-order valence-corrected chi connectivity index (χ3v) is 12.9. The van der Waals surface area contributed by atoms with Gasteiger partial charge in [-0.05, 0) is 104 Å². The van der Waals surface area contributed by atoms with E-state index in [1.54, 1.807) is 25.2 Å². The first kappa shape index (κ1) is 64.9. The first-order chi connectivity index (χ1) is 34.8. The Morgan fingerprint density at radius 1 is 0.703 bits per heavy atom. The molecule has 5 aromatic carbocycles. The number of carbonyl (C=O) groups is 1. The Balaban J connectivity index is 0.000000298. The van der Waals surface area contributed by atoms with E-state index in [-0.39, 0.29) is 16.8 Å². The van der Waals surface area contributed by atoms with Crippen LogP contribution in [0.15, 0.2) is 136 Å². The minimum Gasteiger partial charge on any atom is -0.468 e. The maximum atomic E-state index is 12.3. The number of oxazole rings is 1. The Morgan fingerprint density at radius 2 is 1.23 bits per heavy atom. The number of nitrogens with one attached hydrogen (secondary N) is 3. The number of hydrogen-bond acceptors (Lipinski definition) is 11. The third kappa shape index (κ3) is 23.1. The van der Waals surface area contributed by atoms with Crippen LogP contribution in [0.2, 0.25) is 0 Å². The first-order valence-electron chi connectivity index (χ1n) is 21.8. The molecule has 0 spiro atoms. The molecule has 0 saturated heterocycles. The van der Waals surface area contributed by atoms with E-state index in [1.807, 2.05) is 105 Å². The molecule has 2 atom stereocenters. The van der Waals surface area contributed by atoms with Gasteiger partial charge in [-0.25, -0.2) is 35.1 Å². The van der Waals surface area contributed by atoms with Crippen molar-refractivity contribution in [3.8, 4) is 0 Å². The second kappa shape index (κ2) is 32.3. The fourth-order valence-corrected chi connectivity index (χ4v) is 8.63. The maximum Gasteiger partial charge on any atom is 0.318 e. The average molecular weight is 1160 g/mol. The van der Waals surface area contributed by atoms with Gasteiger partial charge < -0.3 is 33.8 Å². The molecule has 0 aliphatic carbocycles. The minimum absolute atomic E-state index is 0.153. The number of aromatic nitrogens is 3. The number of aromatic amines is 3. The summed E-state index contributed by atoms with van der Waals surface area (Å²) in [5.74, 6) is -10.4. The Morgan fingerprint density at radius 3 is 1.72 bits per heavy atom. The van der Waals surface area contributed by atoms with Crippen molar-refractivity contribution in [2.45, 2.75) is 85.8 Å². The highest BCUT2D eigenvalue weighted by Crippen LogP contribution is 2.31. The van der Waals surface area contributed by atoms with E-state index in [0.717, 1.165) is 36.5 Å². The van der Waals surface area contributed by atoms with Gasteiger partial charge in [0.25, 0.3) is 4.84 Å². The van der Waals surface area contributed by atoms with E-state index >= 15 is 0 Å². The lowest BCUT2D eigenvalue weighted by molar-refractivity contribution is -0.140. The summed E-state index contributed by atoms with van der Waals surface area (Å²) in [6.07, 6.45) is 3.00. The Labute approximate surface area is 469 Å². The van der Waals surface area contributed by atoms with Gasteiger partial charge in [0.05, 0.1) is 27.7 Å². The Bertz CT molecular complexity index is 3040. The molecule has 0 aliphatic rings. The van der Waals surface area contributed by atoms with Crippen LogP contribution >= 0.6 is 98.5 Å². The fraction of sp³-hybridized carbons (Fsp3) is 0.245. The van der Waals surface area contributed by atoms with Crippen molar-refractivity contribution in [2.24, 2.45) is 0 Å². The molecule has 21 heteroatoms. The number of hydrogen-bond donors (Lipinski definition) is 7. The molecule has 0 saturated carbocycles. The highest BCUT2D eigenvalue weighted by molar-refractivity contribution is 7.81. The van der Waals surface area contributed by atoms with Crippen molar-refractivity contribution in [3.63, 3.8) is 0 Å². The number of ether oxygens (including phenoxy) is 1. The van der Waals surface area contributed by atoms with E-state index in [9.17, 15) is 26.7 Å². The van der Waals surface area contributed by atoms with Gasteiger partial charge >= 0.3 is 5.97 Å². The fourth-order valence-electron chi connectivity index (χ4n) is 5.53. The molecular weight excluding hydrogens is 1110 g/mol. The topological polar surface area (TPSA) is 95.5 Å². The summed E-state index contributed by atoms with van der Waals surface area (Å²) in [6.45, 7) is 25.5. The van der Waals surface area contributed by atoms with Crippen LogP contribution in [-0.2, 0) is 9.53 Å². The summed E-state index contributed by atoms with van der Waals surface area (Å²) in [4.78, 5) is 27.0. The van der Waals surface area contributed by atoms with Crippen LogP contribution in [0.3, 0.4) is 0 Å². The standard InChI is InChI=1S/C12H15NS.C8H13NO2S.C8H10S.C7H5NOS.C7H5NS2.C6HF5S.C5H5NS/c1-12(2,13-3)9-11(14)10-7-5-4-6-8-10;1-8(2,9-3)5-6(12)7(10)11-4;1-6-3-4-8(9)5-7(6)2;10-7-8-5-3-1-2-4-6(5)9-7;9-7-8-5-3-1-2-4-6(5)10-7;7-1-2(8)4(10)6(12)5(11)3(1)9;7-5-3-1-2-4-6-5/h4-8,11,14H,9H2,1-2H3;6,12H,5H2,1-2,4H3;3-5,9H,1-2H3;1-4H,(H,8,10);1-4H,(H,8,9);12H;1-4H,(H,6,7). The molecule has 0 amide bonds. The zero-order chi connectivity index (χ0) is 55.8. The number of aryl methyl sites for hydroxylation is 2. The number of nitrogens with zero attached hydrogens (tertiary/aromatic N) is 2. The summed E-state index contributed by atoms with van der Waals surface area (Å²) >= 11 is 32.0. The van der Waals surface area contributed by atoms with Gasteiger partial charge in [-0.2, -0.15) is 25.3 Å². The number of fused-ring (bicyclic) bond motifs is 2. The molecule has 8 nitrogen and oxygen atoms in total. The number of pyridine rings is 1. The smallest absolute Gasteiger partial charge is 0.318 e. The number of carbonyl (C=O) groups excluding carboxylic acids is 1. The van der Waals surface area contributed by atoms with E-state index in [2.05, 4.69) is 124 Å². The number of thiazole rings is 1. The molecule has 392 valence electrons. The SMILES string of the molecule is Cc1ccc(S)cc1C.Fc1c(F)c(F)c(S)c(F)c1F.S=c1[nH]c2ccccc2o1.S=c1[nH]c2ccccc2s1.S=c1cccc[nH]1.[C-]#[N+]C(C)(C)CC(S)C(=O)OC.[C-]#[N+]C(C)(C)CC(S)c1ccccc1. The summed E-state index contributed by atoms with van der Waals surface area (Å²) < 4.78 is 73.8. The number of halogens is 5. The molecular formula is C53H54F5N5O3S8. The van der Waals surface area contributed by atoms with Gasteiger partial charge in [-0.3, -0.25) is 4.79 Å². The molecule has 0 fully saturated rings. The molecule has 0 radical (unpaired) electrons. The lowest BCUT2D eigenvalue weighted by Crippen LogP contribution is -2.26. The van der Waals surface area contributed by atoms with Crippen LogP contribution < -0.4 is 0 Å². The van der Waals surface area contributed by atoms with Crippen molar-refractivity contribution in [1.82, 2.24) is 15.0 Å². The highest BCUT2D eigenvalue weighted by Gasteiger charge is 2.30. The Hall–Kier alpha value is -5.23. The van der Waals surface area contributed by atoms with Crippen molar-refractivity contribution < 1.29 is 35.9 Å².